The van der Waals surface area contributed by atoms with E-state index in [4.69, 9.17) is 4.74 Å². The van der Waals surface area contributed by atoms with Crippen LogP contribution in [0.5, 0.6) is 0 Å². The third kappa shape index (κ3) is 6.82. The van der Waals surface area contributed by atoms with Crippen molar-refractivity contribution in [2.75, 3.05) is 23.4 Å². The van der Waals surface area contributed by atoms with Gasteiger partial charge in [0, 0.05) is 41.4 Å². The van der Waals surface area contributed by atoms with Crippen LogP contribution >= 0.6 is 0 Å². The third-order valence-corrected chi connectivity index (χ3v) is 12.3. The molecule has 1 saturated heterocycles. The van der Waals surface area contributed by atoms with E-state index in [-0.39, 0.29) is 43.8 Å². The van der Waals surface area contributed by atoms with E-state index in [0.717, 1.165) is 22.4 Å². The summed E-state index contributed by atoms with van der Waals surface area (Å²) in [5.41, 5.74) is 2.69. The summed E-state index contributed by atoms with van der Waals surface area (Å²) in [4.78, 5) is 56.1. The number of amides is 3. The molecule has 9 nitrogen and oxygen atoms in total. The first-order chi connectivity index (χ1) is 23.5. The van der Waals surface area contributed by atoms with E-state index in [1.807, 2.05) is 117 Å². The number of nitrogens with zero attached hydrogens (tertiary/aromatic N) is 2. The Morgan fingerprint density at radius 2 is 1.53 bits per heavy atom. The van der Waals surface area contributed by atoms with Crippen molar-refractivity contribution in [3.05, 3.63) is 131 Å². The van der Waals surface area contributed by atoms with Crippen LogP contribution in [0.15, 0.2) is 109 Å². The minimum absolute atomic E-state index is 0.0216. The number of para-hydroxylation sites is 1. The number of hydrogen-bond donors (Lipinski definition) is 3. The van der Waals surface area contributed by atoms with E-state index in [1.54, 1.807) is 21.9 Å². The van der Waals surface area contributed by atoms with Crippen molar-refractivity contribution < 1.29 is 29.0 Å². The topological polar surface area (TPSA) is 119 Å². The first-order valence-corrected chi connectivity index (χ1v) is 19.7. The minimum atomic E-state index is -2.98. The normalized spacial score (nSPS) is 21.5. The summed E-state index contributed by atoms with van der Waals surface area (Å²) in [6, 6.07) is 33.6. The van der Waals surface area contributed by atoms with Crippen molar-refractivity contribution in [3.8, 4) is 0 Å². The number of anilines is 2. The van der Waals surface area contributed by atoms with Gasteiger partial charge < -0.3 is 29.8 Å². The lowest BCUT2D eigenvalue weighted by Gasteiger charge is -2.32. The Balaban J connectivity index is 1.25. The van der Waals surface area contributed by atoms with Crippen LogP contribution in [0.2, 0.25) is 18.6 Å². The molecule has 3 N–H and O–H groups in total. The molecule has 0 bridgehead atoms. The SMILES string of the molecule is C[C@H]1[C@H]([Si](C)(C)O)[C@@H](CC(=O)N(CCO)Cc2ccccc2)O[C@]12C(=O)N(Cc1ccc(NC(=O)c3ccccc3)cc1)c1ccccc12. The van der Waals surface area contributed by atoms with Gasteiger partial charge in [0.05, 0.1) is 31.4 Å². The van der Waals surface area contributed by atoms with Crippen LogP contribution in [0.25, 0.3) is 0 Å². The zero-order valence-electron chi connectivity index (χ0n) is 28.1. The molecule has 2 heterocycles. The number of benzene rings is 4. The molecule has 1 spiro atoms. The molecule has 10 heteroatoms. The maximum Gasteiger partial charge on any atom is 0.264 e. The lowest BCUT2D eigenvalue weighted by Crippen LogP contribution is -2.46. The highest BCUT2D eigenvalue weighted by Gasteiger charge is 2.66. The second kappa shape index (κ2) is 14.1. The molecule has 0 unspecified atom stereocenters. The summed E-state index contributed by atoms with van der Waals surface area (Å²) in [7, 11) is -2.98. The van der Waals surface area contributed by atoms with E-state index >= 15 is 0 Å². The average molecular weight is 678 g/mol. The van der Waals surface area contributed by atoms with Gasteiger partial charge >= 0.3 is 0 Å². The molecule has 254 valence electrons. The molecule has 1 fully saturated rings. The lowest BCUT2D eigenvalue weighted by atomic mass is 9.82. The molecule has 2 aliphatic heterocycles. The summed E-state index contributed by atoms with van der Waals surface area (Å²) in [6.07, 6.45) is -0.720. The maximum atomic E-state index is 14.7. The van der Waals surface area contributed by atoms with Gasteiger partial charge in [-0.3, -0.25) is 14.4 Å². The summed E-state index contributed by atoms with van der Waals surface area (Å²) in [5.74, 6) is -1.04. The van der Waals surface area contributed by atoms with Crippen LogP contribution in [0.3, 0.4) is 0 Å². The van der Waals surface area contributed by atoms with E-state index in [1.165, 1.54) is 0 Å². The molecule has 0 radical (unpaired) electrons. The highest BCUT2D eigenvalue weighted by atomic mass is 28.4. The number of aliphatic hydroxyl groups is 1. The Morgan fingerprint density at radius 3 is 2.18 bits per heavy atom. The van der Waals surface area contributed by atoms with Crippen LogP contribution in [0.4, 0.5) is 11.4 Å². The second-order valence-electron chi connectivity index (χ2n) is 13.5. The van der Waals surface area contributed by atoms with Crippen LogP contribution in [0.1, 0.15) is 40.4 Å². The number of fused-ring (bicyclic) bond motifs is 2. The second-order valence-corrected chi connectivity index (χ2v) is 17.5. The molecule has 4 aromatic rings. The zero-order valence-corrected chi connectivity index (χ0v) is 29.1. The molecular formula is C39H43N3O6Si. The van der Waals surface area contributed by atoms with Gasteiger partial charge in [0.25, 0.3) is 11.8 Å². The van der Waals surface area contributed by atoms with Gasteiger partial charge in [0.2, 0.25) is 5.91 Å². The standard InChI is InChI=1S/C39H43N3O6Si/c1-27-36(49(2,3)47)34(24-35(44)41(22-23-43)25-28-12-6-4-7-13-28)48-39(27)32-16-10-11-17-33(32)42(38(39)46)26-29-18-20-31(21-19-29)40-37(45)30-14-8-5-9-15-30/h4-21,27,34,36,43,47H,22-26H2,1-3H3,(H,40,45)/t27-,34+,36-,39+/m0/s1. The van der Waals surface area contributed by atoms with Gasteiger partial charge in [-0.1, -0.05) is 85.8 Å². The highest BCUT2D eigenvalue weighted by molar-refractivity contribution is 6.71. The number of nitrogens with one attached hydrogen (secondary N) is 1. The predicted octanol–water partition coefficient (Wildman–Crippen LogP) is 5.69. The van der Waals surface area contributed by atoms with Gasteiger partial charge in [0.1, 0.15) is 0 Å². The van der Waals surface area contributed by atoms with Crippen LogP contribution in [-0.2, 0) is 33.0 Å². The predicted molar refractivity (Wildman–Crippen MR) is 191 cm³/mol. The maximum absolute atomic E-state index is 14.7. The monoisotopic (exact) mass is 677 g/mol. The molecule has 49 heavy (non-hydrogen) atoms. The van der Waals surface area contributed by atoms with Crippen molar-refractivity contribution in [1.29, 1.82) is 0 Å². The molecule has 6 rings (SSSR count). The Bertz CT molecular complexity index is 1800. The molecule has 0 saturated carbocycles. The molecule has 0 aliphatic carbocycles. The van der Waals surface area contributed by atoms with E-state index in [9.17, 15) is 24.3 Å². The van der Waals surface area contributed by atoms with Gasteiger partial charge in [-0.05, 0) is 54.6 Å². The number of aliphatic hydroxyl groups excluding tert-OH is 1. The quantitative estimate of drug-likeness (QED) is 0.176. The van der Waals surface area contributed by atoms with Crippen molar-refractivity contribution >= 4 is 37.4 Å². The van der Waals surface area contributed by atoms with Crippen molar-refractivity contribution in [3.63, 3.8) is 0 Å². The van der Waals surface area contributed by atoms with Gasteiger partial charge in [-0.15, -0.1) is 0 Å². The average Bonchev–Trinajstić information content (AvgIpc) is 3.52. The molecule has 2 aliphatic rings. The number of carbonyl (C=O) groups is 3. The van der Waals surface area contributed by atoms with E-state index in [0.29, 0.717) is 17.8 Å². The summed E-state index contributed by atoms with van der Waals surface area (Å²) in [5, 5.41) is 12.7. The first kappa shape index (κ1) is 34.3. The van der Waals surface area contributed by atoms with Crippen LogP contribution in [0, 0.1) is 5.92 Å². The number of rotatable bonds is 11. The van der Waals surface area contributed by atoms with Gasteiger partial charge in [-0.2, -0.15) is 0 Å². The Kier molecular flexibility index (Phi) is 9.85. The number of carbonyl (C=O) groups excluding carboxylic acids is 3. The summed E-state index contributed by atoms with van der Waals surface area (Å²) >= 11 is 0. The minimum Gasteiger partial charge on any atom is -0.432 e. The van der Waals surface area contributed by atoms with Gasteiger partial charge in [-0.25, -0.2) is 0 Å². The zero-order chi connectivity index (χ0) is 34.8. The molecule has 3 amide bonds. The Morgan fingerprint density at radius 1 is 0.898 bits per heavy atom. The fourth-order valence-corrected chi connectivity index (χ4v) is 10.1. The van der Waals surface area contributed by atoms with Crippen molar-refractivity contribution in [2.45, 2.75) is 56.8 Å². The number of hydrogen-bond acceptors (Lipinski definition) is 6. The van der Waals surface area contributed by atoms with Gasteiger partial charge in [0.15, 0.2) is 13.9 Å². The molecular weight excluding hydrogens is 635 g/mol. The summed E-state index contributed by atoms with van der Waals surface area (Å²) in [6.45, 7) is 6.22. The van der Waals surface area contributed by atoms with E-state index < -0.39 is 31.5 Å². The molecule has 0 aromatic heterocycles. The smallest absolute Gasteiger partial charge is 0.264 e. The van der Waals surface area contributed by atoms with E-state index in [2.05, 4.69) is 5.32 Å². The third-order valence-electron chi connectivity index (χ3n) is 9.79. The lowest BCUT2D eigenvalue weighted by molar-refractivity contribution is -0.150. The largest absolute Gasteiger partial charge is 0.432 e. The summed E-state index contributed by atoms with van der Waals surface area (Å²) < 4.78 is 6.85. The Hall–Kier alpha value is -4.61. The molecule has 4 aromatic carbocycles. The first-order valence-electron chi connectivity index (χ1n) is 16.7. The van der Waals surface area contributed by atoms with Crippen LogP contribution in [-0.4, -0.2) is 60.1 Å². The van der Waals surface area contributed by atoms with Crippen LogP contribution < -0.4 is 10.2 Å². The Labute approximate surface area is 288 Å². The molecule has 4 atom stereocenters. The fraction of sp³-hybridized carbons (Fsp3) is 0.308. The van der Waals surface area contributed by atoms with Crippen molar-refractivity contribution in [1.82, 2.24) is 4.90 Å². The van der Waals surface area contributed by atoms with Crippen molar-refractivity contribution in [2.24, 2.45) is 5.92 Å². The number of ether oxygens (including phenoxy) is 1. The highest BCUT2D eigenvalue weighted by Crippen LogP contribution is 2.59. The fourth-order valence-electron chi connectivity index (χ4n) is 7.58.